The molecule has 8 heteroatoms. The van der Waals surface area contributed by atoms with E-state index in [9.17, 15) is 9.90 Å². The summed E-state index contributed by atoms with van der Waals surface area (Å²) in [5.74, 6) is 0.0179. The first-order valence-corrected chi connectivity index (χ1v) is 7.26. The number of carbonyl (C=O) groups is 1. The average Bonchev–Trinajstić information content (AvgIpc) is 2.46. The number of nitrogens with zero attached hydrogens (tertiary/aromatic N) is 3. The Kier molecular flexibility index (Phi) is 4.82. The Hall–Kier alpha value is -1.63. The van der Waals surface area contributed by atoms with Crippen molar-refractivity contribution >= 4 is 23.5 Å². The van der Waals surface area contributed by atoms with E-state index in [1.54, 1.807) is 0 Å². The molecule has 0 radical (unpaired) electrons. The molecule has 1 aromatic rings. The molecule has 0 unspecified atom stereocenters. The molecule has 1 aromatic heterocycles. The predicted octanol–water partition coefficient (Wildman–Crippen LogP) is 2.23. The van der Waals surface area contributed by atoms with E-state index in [-0.39, 0.29) is 23.8 Å². The number of nitrogens with one attached hydrogen (secondary N) is 1. The van der Waals surface area contributed by atoms with Crippen molar-refractivity contribution in [3.8, 4) is 6.01 Å². The summed E-state index contributed by atoms with van der Waals surface area (Å²) >= 11 is 5.77. The lowest BCUT2D eigenvalue weighted by Crippen LogP contribution is -2.41. The Labute approximate surface area is 128 Å². The number of carboxylic acid groups (broad SMARTS) is 1. The second-order valence-corrected chi connectivity index (χ2v) is 5.87. The van der Waals surface area contributed by atoms with E-state index in [0.717, 1.165) is 12.8 Å². The molecule has 7 nitrogen and oxygen atoms in total. The molecule has 0 aromatic carbocycles. The van der Waals surface area contributed by atoms with Crippen LogP contribution in [0.15, 0.2) is 0 Å². The van der Waals surface area contributed by atoms with Crippen LogP contribution in [0.25, 0.3) is 0 Å². The van der Waals surface area contributed by atoms with Gasteiger partial charge in [-0.25, -0.2) is 0 Å². The summed E-state index contributed by atoms with van der Waals surface area (Å²) in [6.07, 6.45) is 3.11. The number of methoxy groups -OCH3 is 1. The zero-order valence-electron chi connectivity index (χ0n) is 12.1. The van der Waals surface area contributed by atoms with Crippen LogP contribution in [-0.2, 0) is 4.79 Å². The predicted molar refractivity (Wildman–Crippen MR) is 77.6 cm³/mol. The highest BCUT2D eigenvalue weighted by Gasteiger charge is 2.41. The van der Waals surface area contributed by atoms with Gasteiger partial charge < -0.3 is 15.2 Å². The van der Waals surface area contributed by atoms with Crippen LogP contribution >= 0.6 is 11.6 Å². The maximum atomic E-state index is 11.7. The molecule has 0 saturated heterocycles. The fraction of sp³-hybridized carbons (Fsp3) is 0.692. The van der Waals surface area contributed by atoms with Crippen molar-refractivity contribution in [1.29, 1.82) is 0 Å². The Morgan fingerprint density at radius 1 is 1.43 bits per heavy atom. The van der Waals surface area contributed by atoms with Gasteiger partial charge in [0, 0.05) is 6.54 Å². The minimum Gasteiger partial charge on any atom is -0.481 e. The van der Waals surface area contributed by atoms with Crippen LogP contribution in [0.3, 0.4) is 0 Å². The SMILES string of the molecule is COc1nc(Cl)nc(NCC2(C(=O)O)CCC(C)CC2)n1. The highest BCUT2D eigenvalue weighted by molar-refractivity contribution is 6.28. The van der Waals surface area contributed by atoms with E-state index in [1.165, 1.54) is 7.11 Å². The molecule has 0 aliphatic heterocycles. The summed E-state index contributed by atoms with van der Waals surface area (Å²) in [5, 5.41) is 12.5. The Morgan fingerprint density at radius 2 is 2.10 bits per heavy atom. The smallest absolute Gasteiger partial charge is 0.322 e. The van der Waals surface area contributed by atoms with E-state index in [1.807, 2.05) is 0 Å². The second kappa shape index (κ2) is 6.43. The third kappa shape index (κ3) is 3.72. The molecule has 0 bridgehead atoms. The molecule has 1 aliphatic rings. The lowest BCUT2D eigenvalue weighted by molar-refractivity contribution is -0.150. The number of hydrogen-bond donors (Lipinski definition) is 2. The molecule has 2 rings (SSSR count). The number of carboxylic acids is 1. The van der Waals surface area contributed by atoms with Crippen LogP contribution in [-0.4, -0.2) is 39.7 Å². The van der Waals surface area contributed by atoms with Gasteiger partial charge in [0.25, 0.3) is 0 Å². The highest BCUT2D eigenvalue weighted by Crippen LogP contribution is 2.39. The van der Waals surface area contributed by atoms with Gasteiger partial charge in [0.2, 0.25) is 11.2 Å². The van der Waals surface area contributed by atoms with Gasteiger partial charge in [0.1, 0.15) is 0 Å². The van der Waals surface area contributed by atoms with Gasteiger partial charge >= 0.3 is 12.0 Å². The van der Waals surface area contributed by atoms with Gasteiger partial charge in [-0.05, 0) is 43.2 Å². The summed E-state index contributed by atoms with van der Waals surface area (Å²) in [5.41, 5.74) is -0.779. The van der Waals surface area contributed by atoms with Crippen molar-refractivity contribution in [1.82, 2.24) is 15.0 Å². The number of rotatable bonds is 5. The number of halogens is 1. The van der Waals surface area contributed by atoms with E-state index in [2.05, 4.69) is 27.2 Å². The topological polar surface area (TPSA) is 97.2 Å². The van der Waals surface area contributed by atoms with Crippen molar-refractivity contribution in [2.75, 3.05) is 19.0 Å². The first-order chi connectivity index (χ1) is 9.95. The van der Waals surface area contributed by atoms with Crippen molar-refractivity contribution in [2.45, 2.75) is 32.6 Å². The van der Waals surface area contributed by atoms with E-state index >= 15 is 0 Å². The number of ether oxygens (including phenoxy) is 1. The van der Waals surface area contributed by atoms with Crippen LogP contribution in [0.2, 0.25) is 5.28 Å². The minimum atomic E-state index is -0.783. The third-order valence-corrected chi connectivity index (χ3v) is 4.21. The maximum Gasteiger partial charge on any atom is 0.322 e. The summed E-state index contributed by atoms with van der Waals surface area (Å²) < 4.78 is 4.91. The van der Waals surface area contributed by atoms with Gasteiger partial charge in [-0.2, -0.15) is 15.0 Å². The summed E-state index contributed by atoms with van der Waals surface area (Å²) in [6.45, 7) is 2.41. The van der Waals surface area contributed by atoms with Gasteiger partial charge in [0.15, 0.2) is 0 Å². The van der Waals surface area contributed by atoms with Crippen LogP contribution in [0, 0.1) is 11.3 Å². The van der Waals surface area contributed by atoms with Crippen LogP contribution in [0.1, 0.15) is 32.6 Å². The molecule has 1 aliphatic carbocycles. The zero-order valence-corrected chi connectivity index (χ0v) is 12.9. The molecule has 0 amide bonds. The van der Waals surface area contributed by atoms with Crippen molar-refractivity contribution in [2.24, 2.45) is 11.3 Å². The van der Waals surface area contributed by atoms with E-state index in [0.29, 0.717) is 18.8 Å². The summed E-state index contributed by atoms with van der Waals surface area (Å²) in [6, 6.07) is 0.0964. The van der Waals surface area contributed by atoms with Crippen LogP contribution in [0.4, 0.5) is 5.95 Å². The lowest BCUT2D eigenvalue weighted by atomic mass is 9.71. The van der Waals surface area contributed by atoms with E-state index < -0.39 is 11.4 Å². The first-order valence-electron chi connectivity index (χ1n) is 6.88. The van der Waals surface area contributed by atoms with Gasteiger partial charge in [-0.3, -0.25) is 4.79 Å². The molecular formula is C13H19ClN4O3. The Bertz CT molecular complexity index is 518. The second-order valence-electron chi connectivity index (χ2n) is 5.54. The number of hydrogen-bond acceptors (Lipinski definition) is 6. The zero-order chi connectivity index (χ0) is 15.5. The molecule has 0 atom stereocenters. The third-order valence-electron chi connectivity index (χ3n) is 4.04. The Morgan fingerprint density at radius 3 is 2.67 bits per heavy atom. The molecule has 1 saturated carbocycles. The van der Waals surface area contributed by atoms with Crippen LogP contribution in [0.5, 0.6) is 6.01 Å². The lowest BCUT2D eigenvalue weighted by Gasteiger charge is -2.35. The Balaban J connectivity index is 2.09. The molecule has 21 heavy (non-hydrogen) atoms. The fourth-order valence-electron chi connectivity index (χ4n) is 2.53. The number of aromatic nitrogens is 3. The van der Waals surface area contributed by atoms with Crippen molar-refractivity contribution < 1.29 is 14.6 Å². The summed E-state index contributed by atoms with van der Waals surface area (Å²) in [4.78, 5) is 23.4. The van der Waals surface area contributed by atoms with Crippen LogP contribution < -0.4 is 10.1 Å². The van der Waals surface area contributed by atoms with E-state index in [4.69, 9.17) is 16.3 Å². The normalized spacial score (nSPS) is 25.4. The maximum absolute atomic E-state index is 11.7. The van der Waals surface area contributed by atoms with Crippen molar-refractivity contribution in [3.05, 3.63) is 5.28 Å². The summed E-state index contributed by atoms with van der Waals surface area (Å²) in [7, 11) is 1.43. The number of anilines is 1. The molecule has 2 N–H and O–H groups in total. The molecule has 1 fully saturated rings. The van der Waals surface area contributed by atoms with Crippen molar-refractivity contribution in [3.63, 3.8) is 0 Å². The fourth-order valence-corrected chi connectivity index (χ4v) is 2.68. The molecular weight excluding hydrogens is 296 g/mol. The molecule has 0 spiro atoms. The standard InChI is InChI=1S/C13H19ClN4O3/c1-8-3-5-13(6-4-8,9(19)20)7-15-11-16-10(14)17-12(18-11)21-2/h8H,3-7H2,1-2H3,(H,19,20)(H,15,16,17,18). The van der Waals surface area contributed by atoms with Gasteiger partial charge in [-0.1, -0.05) is 6.92 Å². The van der Waals surface area contributed by atoms with Gasteiger partial charge in [-0.15, -0.1) is 0 Å². The number of aliphatic carboxylic acids is 1. The molecule has 1 heterocycles. The van der Waals surface area contributed by atoms with Gasteiger partial charge in [0.05, 0.1) is 12.5 Å². The molecule has 116 valence electrons. The minimum absolute atomic E-state index is 0.00555. The monoisotopic (exact) mass is 314 g/mol. The average molecular weight is 315 g/mol. The quantitative estimate of drug-likeness (QED) is 0.860. The first kappa shape index (κ1) is 15.8. The highest BCUT2D eigenvalue weighted by atomic mass is 35.5. The largest absolute Gasteiger partial charge is 0.481 e.